The van der Waals surface area contributed by atoms with E-state index in [0.717, 1.165) is 41.0 Å². The Hall–Kier alpha value is -3.63. The number of carbonyl (C=O) groups excluding carboxylic acids is 2. The number of esters is 1. The number of aromatic nitrogens is 2. The molecule has 2 heterocycles. The fourth-order valence-electron chi connectivity index (χ4n) is 4.67. The van der Waals surface area contributed by atoms with E-state index in [0.29, 0.717) is 25.2 Å². The summed E-state index contributed by atoms with van der Waals surface area (Å²) in [6.45, 7) is 5.72. The van der Waals surface area contributed by atoms with E-state index >= 15 is 0 Å². The first-order chi connectivity index (χ1) is 17.7. The SMILES string of the molecule is CCOC(=O)CN[C@@](C)(C(=O)N1CCCC1)c1ccc2c(c1)nc(CNc1ccc(C(=N)N)cc1)n2C.Cl. The Bertz CT molecular complexity index is 1300. The molecule has 0 aliphatic carbocycles. The lowest BCUT2D eigenvalue weighted by molar-refractivity contribution is -0.143. The summed E-state index contributed by atoms with van der Waals surface area (Å²) in [5.41, 5.74) is 8.45. The standard InChI is InChI=1S/C27H35N7O3.ClH/c1-4-37-24(35)17-31-27(2,26(36)34-13-5-6-14-34)19-9-12-22-21(15-19)32-23(33(22)3)16-30-20-10-7-18(8-11-20)25(28)29;/h7-12,15,30-31H,4-6,13-14,16-17H2,1-3H3,(H3,28,29);1H/t27-;/m1./s1. The summed E-state index contributed by atoms with van der Waals surface area (Å²) in [4.78, 5) is 32.4. The quantitative estimate of drug-likeness (QED) is 0.176. The molecule has 0 saturated carbocycles. The van der Waals surface area contributed by atoms with Crippen LogP contribution in [0, 0.1) is 5.41 Å². The van der Waals surface area contributed by atoms with Crippen molar-refractivity contribution in [3.8, 4) is 0 Å². The fourth-order valence-corrected chi connectivity index (χ4v) is 4.67. The predicted molar refractivity (Wildman–Crippen MR) is 151 cm³/mol. The smallest absolute Gasteiger partial charge is 0.319 e. The van der Waals surface area contributed by atoms with Crippen LogP contribution < -0.4 is 16.4 Å². The summed E-state index contributed by atoms with van der Waals surface area (Å²) < 4.78 is 7.10. The van der Waals surface area contributed by atoms with Crippen LogP contribution in [0.5, 0.6) is 0 Å². The average molecular weight is 542 g/mol. The minimum atomic E-state index is -1.10. The molecule has 1 amide bonds. The number of ether oxygens (including phenoxy) is 1. The number of carbonyl (C=O) groups is 2. The first-order valence-electron chi connectivity index (χ1n) is 12.6. The third kappa shape index (κ3) is 6.08. The van der Waals surface area contributed by atoms with Gasteiger partial charge in [-0.2, -0.15) is 0 Å². The normalized spacial score (nSPS) is 14.6. The zero-order valence-electron chi connectivity index (χ0n) is 22.0. The van der Waals surface area contributed by atoms with E-state index in [4.69, 9.17) is 20.9 Å². The van der Waals surface area contributed by atoms with Crippen molar-refractivity contribution in [1.29, 1.82) is 5.41 Å². The number of amidine groups is 1. The van der Waals surface area contributed by atoms with Gasteiger partial charge in [0.05, 0.1) is 30.7 Å². The van der Waals surface area contributed by atoms with Crippen LogP contribution in [0.1, 0.15) is 43.6 Å². The van der Waals surface area contributed by atoms with Gasteiger partial charge in [-0.3, -0.25) is 20.3 Å². The Morgan fingerprint density at radius 1 is 1.16 bits per heavy atom. The maximum Gasteiger partial charge on any atom is 0.319 e. The van der Waals surface area contributed by atoms with Gasteiger partial charge in [-0.25, -0.2) is 4.98 Å². The number of nitrogens with zero attached hydrogens (tertiary/aromatic N) is 3. The molecule has 204 valence electrons. The molecule has 10 nitrogen and oxygen atoms in total. The number of nitrogens with one attached hydrogen (secondary N) is 3. The highest BCUT2D eigenvalue weighted by molar-refractivity contribution is 5.95. The van der Waals surface area contributed by atoms with Gasteiger partial charge in [0.2, 0.25) is 5.91 Å². The van der Waals surface area contributed by atoms with Crippen LogP contribution in [0.15, 0.2) is 42.5 Å². The van der Waals surface area contributed by atoms with Gasteiger partial charge < -0.3 is 25.3 Å². The van der Waals surface area contributed by atoms with E-state index in [1.165, 1.54) is 0 Å². The molecule has 1 saturated heterocycles. The van der Waals surface area contributed by atoms with Crippen LogP contribution in [-0.4, -0.2) is 58.4 Å². The Morgan fingerprint density at radius 2 is 1.84 bits per heavy atom. The maximum absolute atomic E-state index is 13.6. The van der Waals surface area contributed by atoms with Gasteiger partial charge >= 0.3 is 5.97 Å². The van der Waals surface area contributed by atoms with E-state index in [1.54, 1.807) is 19.1 Å². The van der Waals surface area contributed by atoms with E-state index in [9.17, 15) is 9.59 Å². The van der Waals surface area contributed by atoms with Crippen molar-refractivity contribution in [3.05, 3.63) is 59.4 Å². The summed E-state index contributed by atoms with van der Waals surface area (Å²) >= 11 is 0. The molecule has 3 aromatic rings. The molecule has 1 atom stereocenters. The number of likely N-dealkylation sites (tertiary alicyclic amines) is 1. The number of anilines is 1. The number of nitrogen functional groups attached to an aromatic ring is 1. The molecule has 0 bridgehead atoms. The van der Waals surface area contributed by atoms with Crippen molar-refractivity contribution in [3.63, 3.8) is 0 Å². The van der Waals surface area contributed by atoms with Crippen molar-refractivity contribution >= 4 is 46.8 Å². The average Bonchev–Trinajstić information content (AvgIpc) is 3.54. The molecule has 0 unspecified atom stereocenters. The minimum Gasteiger partial charge on any atom is -0.465 e. The zero-order valence-corrected chi connectivity index (χ0v) is 22.9. The molecule has 2 aromatic carbocycles. The molecule has 1 aliphatic rings. The Morgan fingerprint density at radius 3 is 2.47 bits per heavy atom. The van der Waals surface area contributed by atoms with Crippen LogP contribution in [0.2, 0.25) is 0 Å². The Labute approximate surface area is 228 Å². The van der Waals surface area contributed by atoms with Gasteiger partial charge in [-0.05, 0) is 68.7 Å². The second-order valence-electron chi connectivity index (χ2n) is 9.42. The first-order valence-corrected chi connectivity index (χ1v) is 12.6. The molecule has 1 aliphatic heterocycles. The third-order valence-electron chi connectivity index (χ3n) is 6.91. The fraction of sp³-hybridized carbons (Fsp3) is 0.407. The van der Waals surface area contributed by atoms with Crippen LogP contribution in [0.3, 0.4) is 0 Å². The highest BCUT2D eigenvalue weighted by Crippen LogP contribution is 2.29. The number of nitrogens with two attached hydrogens (primary N) is 1. The number of aryl methyl sites for hydroxylation is 1. The van der Waals surface area contributed by atoms with Gasteiger partial charge in [0.1, 0.15) is 17.2 Å². The summed E-state index contributed by atoms with van der Waals surface area (Å²) in [5, 5.41) is 14.1. The van der Waals surface area contributed by atoms with Crippen molar-refractivity contribution in [2.24, 2.45) is 12.8 Å². The Balaban J connectivity index is 0.00000400. The second kappa shape index (κ2) is 12.3. The van der Waals surface area contributed by atoms with Crippen LogP contribution in [0.25, 0.3) is 11.0 Å². The first kappa shape index (κ1) is 28.9. The van der Waals surface area contributed by atoms with Crippen molar-refractivity contribution in [2.45, 2.75) is 38.8 Å². The Kier molecular flexibility index (Phi) is 9.35. The van der Waals surface area contributed by atoms with E-state index < -0.39 is 11.5 Å². The molecule has 1 fully saturated rings. The second-order valence-corrected chi connectivity index (χ2v) is 9.42. The summed E-state index contributed by atoms with van der Waals surface area (Å²) in [6, 6.07) is 13.2. The van der Waals surface area contributed by atoms with Crippen molar-refractivity contribution in [2.75, 3.05) is 31.6 Å². The van der Waals surface area contributed by atoms with E-state index in [-0.39, 0.29) is 37.3 Å². The molecule has 38 heavy (non-hydrogen) atoms. The molecule has 4 rings (SSSR count). The number of halogens is 1. The molecule has 0 spiro atoms. The lowest BCUT2D eigenvalue weighted by Crippen LogP contribution is -2.54. The molecule has 0 radical (unpaired) electrons. The van der Waals surface area contributed by atoms with Gasteiger partial charge in [-0.1, -0.05) is 6.07 Å². The van der Waals surface area contributed by atoms with Gasteiger partial charge in [0.25, 0.3) is 0 Å². The monoisotopic (exact) mass is 541 g/mol. The van der Waals surface area contributed by atoms with E-state index in [1.807, 2.05) is 53.8 Å². The number of hydrogen-bond donors (Lipinski definition) is 4. The lowest BCUT2D eigenvalue weighted by atomic mass is 9.89. The maximum atomic E-state index is 13.6. The largest absolute Gasteiger partial charge is 0.465 e. The highest BCUT2D eigenvalue weighted by atomic mass is 35.5. The predicted octanol–water partition coefficient (Wildman–Crippen LogP) is 2.88. The molecular formula is C27H36ClN7O3. The summed E-state index contributed by atoms with van der Waals surface area (Å²) in [7, 11) is 1.96. The van der Waals surface area contributed by atoms with Crippen LogP contribution >= 0.6 is 12.4 Å². The topological polar surface area (TPSA) is 138 Å². The number of imidazole rings is 1. The molecule has 5 N–H and O–H groups in total. The highest BCUT2D eigenvalue weighted by Gasteiger charge is 2.39. The van der Waals surface area contributed by atoms with Crippen molar-refractivity contribution in [1.82, 2.24) is 19.8 Å². The minimum absolute atomic E-state index is 0. The molecule has 1 aromatic heterocycles. The van der Waals surface area contributed by atoms with E-state index in [2.05, 4.69) is 10.6 Å². The van der Waals surface area contributed by atoms with Crippen LogP contribution in [-0.2, 0) is 33.5 Å². The summed E-state index contributed by atoms with van der Waals surface area (Å²) in [5.74, 6) is 0.409. The molecule has 11 heteroatoms. The third-order valence-corrected chi connectivity index (χ3v) is 6.91. The lowest BCUT2D eigenvalue weighted by Gasteiger charge is -2.33. The van der Waals surface area contributed by atoms with Gasteiger partial charge in [0, 0.05) is 31.4 Å². The summed E-state index contributed by atoms with van der Waals surface area (Å²) in [6.07, 6.45) is 1.96. The molecular weight excluding hydrogens is 506 g/mol. The number of benzene rings is 2. The number of rotatable bonds is 10. The number of fused-ring (bicyclic) bond motifs is 1. The van der Waals surface area contributed by atoms with Crippen molar-refractivity contribution < 1.29 is 14.3 Å². The van der Waals surface area contributed by atoms with Gasteiger partial charge in [-0.15, -0.1) is 12.4 Å². The van der Waals surface area contributed by atoms with Crippen LogP contribution in [0.4, 0.5) is 5.69 Å². The number of hydrogen-bond acceptors (Lipinski definition) is 7. The number of amides is 1. The zero-order chi connectivity index (χ0) is 26.6. The van der Waals surface area contributed by atoms with Gasteiger partial charge in [0.15, 0.2) is 0 Å².